The number of carbonyl (C=O) groups excluding carboxylic acids is 1. The number of thiazole rings is 1. The first-order valence-corrected chi connectivity index (χ1v) is 14.5. The molecule has 0 unspecified atom stereocenters. The molecular formula is C26H32N4O3S2. The van der Waals surface area contributed by atoms with Crippen LogP contribution in [0.3, 0.4) is 0 Å². The molecule has 2 aromatic carbocycles. The normalized spacial score (nSPS) is 18.4. The van der Waals surface area contributed by atoms with Gasteiger partial charge in [0.05, 0.1) is 15.1 Å². The molecule has 7 nitrogen and oxygen atoms in total. The van der Waals surface area contributed by atoms with Crippen LogP contribution < -0.4 is 4.90 Å². The zero-order chi connectivity index (χ0) is 24.7. The maximum absolute atomic E-state index is 13.1. The number of aryl methyl sites for hydroxylation is 2. The highest BCUT2D eigenvalue weighted by Gasteiger charge is 2.29. The van der Waals surface area contributed by atoms with Gasteiger partial charge in [-0.25, -0.2) is 13.4 Å². The van der Waals surface area contributed by atoms with Crippen molar-refractivity contribution in [3.8, 4) is 0 Å². The largest absolute Gasteiger partial charge is 0.345 e. The number of carbonyl (C=O) groups is 1. The molecule has 1 amide bonds. The molecule has 2 fully saturated rings. The van der Waals surface area contributed by atoms with Gasteiger partial charge in [0, 0.05) is 44.8 Å². The van der Waals surface area contributed by atoms with Crippen LogP contribution in [0, 0.1) is 19.8 Å². The molecule has 0 bridgehead atoms. The summed E-state index contributed by atoms with van der Waals surface area (Å²) in [4.78, 5) is 22.3. The number of rotatable bonds is 4. The van der Waals surface area contributed by atoms with Gasteiger partial charge in [-0.15, -0.1) is 0 Å². The van der Waals surface area contributed by atoms with Crippen molar-refractivity contribution in [2.75, 3.05) is 44.2 Å². The number of piperidine rings is 1. The SMILES string of the molecule is Cc1ccc2sc(N3CCN(C(=O)c4ccc(S(=O)(=O)N5CCC(C)CC5)cc4)CC3)nc2c1C. The zero-order valence-electron chi connectivity index (χ0n) is 20.5. The fourth-order valence-electron chi connectivity index (χ4n) is 4.78. The lowest BCUT2D eigenvalue weighted by atomic mass is 10.0. The van der Waals surface area contributed by atoms with Gasteiger partial charge < -0.3 is 9.80 Å². The third-order valence-corrected chi connectivity index (χ3v) is 10.4. The Hall–Kier alpha value is -2.49. The molecule has 2 aliphatic heterocycles. The van der Waals surface area contributed by atoms with Crippen LogP contribution in [-0.2, 0) is 10.0 Å². The Morgan fingerprint density at radius 2 is 1.60 bits per heavy atom. The Morgan fingerprint density at radius 3 is 2.26 bits per heavy atom. The number of hydrogen-bond donors (Lipinski definition) is 0. The number of piperazine rings is 1. The predicted molar refractivity (Wildman–Crippen MR) is 141 cm³/mol. The fraction of sp³-hybridized carbons (Fsp3) is 0.462. The first-order valence-electron chi connectivity index (χ1n) is 12.3. The molecule has 2 saturated heterocycles. The van der Waals surface area contributed by atoms with Crippen LogP contribution in [0.4, 0.5) is 5.13 Å². The van der Waals surface area contributed by atoms with Crippen molar-refractivity contribution in [3.63, 3.8) is 0 Å². The molecule has 3 aromatic rings. The summed E-state index contributed by atoms with van der Waals surface area (Å²) in [5.41, 5.74) is 4.06. The van der Waals surface area contributed by atoms with Gasteiger partial charge in [0.1, 0.15) is 0 Å². The number of amides is 1. The lowest BCUT2D eigenvalue weighted by molar-refractivity contribution is 0.0746. The lowest BCUT2D eigenvalue weighted by Crippen LogP contribution is -2.48. The standard InChI is InChI=1S/C26H32N4O3S2/c1-18-10-12-30(13-11-18)35(32,33)22-7-5-21(6-8-22)25(31)28-14-16-29(17-15-28)26-27-24-20(3)19(2)4-9-23(24)34-26/h4-9,18H,10-17H2,1-3H3. The number of sulfonamides is 1. The van der Waals surface area contributed by atoms with Crippen molar-refractivity contribution in [2.45, 2.75) is 38.5 Å². The van der Waals surface area contributed by atoms with Crippen molar-refractivity contribution < 1.29 is 13.2 Å². The molecule has 1 aromatic heterocycles. The molecule has 5 rings (SSSR count). The zero-order valence-corrected chi connectivity index (χ0v) is 22.2. The maximum atomic E-state index is 13.1. The molecule has 35 heavy (non-hydrogen) atoms. The first-order chi connectivity index (χ1) is 16.7. The van der Waals surface area contributed by atoms with Crippen molar-refractivity contribution in [3.05, 3.63) is 53.1 Å². The van der Waals surface area contributed by atoms with E-state index in [0.29, 0.717) is 37.7 Å². The minimum Gasteiger partial charge on any atom is -0.345 e. The summed E-state index contributed by atoms with van der Waals surface area (Å²) in [6.45, 7) is 10.2. The Morgan fingerprint density at radius 1 is 0.943 bits per heavy atom. The van der Waals surface area contributed by atoms with E-state index < -0.39 is 10.0 Å². The quantitative estimate of drug-likeness (QED) is 0.521. The number of nitrogens with zero attached hydrogens (tertiary/aromatic N) is 4. The highest BCUT2D eigenvalue weighted by molar-refractivity contribution is 7.89. The summed E-state index contributed by atoms with van der Waals surface area (Å²) < 4.78 is 28.7. The van der Waals surface area contributed by atoms with E-state index >= 15 is 0 Å². The molecule has 3 heterocycles. The van der Waals surface area contributed by atoms with Crippen LogP contribution >= 0.6 is 11.3 Å². The number of aromatic nitrogens is 1. The van der Waals surface area contributed by atoms with E-state index in [1.165, 1.54) is 15.8 Å². The van der Waals surface area contributed by atoms with Gasteiger partial charge in [0.25, 0.3) is 5.91 Å². The highest BCUT2D eigenvalue weighted by atomic mass is 32.2. The molecule has 0 aliphatic carbocycles. The summed E-state index contributed by atoms with van der Waals surface area (Å²) in [5.74, 6) is 0.501. The monoisotopic (exact) mass is 512 g/mol. The van der Waals surface area contributed by atoms with E-state index in [9.17, 15) is 13.2 Å². The molecule has 186 valence electrons. The second-order valence-electron chi connectivity index (χ2n) is 9.74. The Kier molecular flexibility index (Phi) is 6.59. The van der Waals surface area contributed by atoms with Gasteiger partial charge in [-0.1, -0.05) is 24.3 Å². The van der Waals surface area contributed by atoms with E-state index in [1.807, 2.05) is 4.90 Å². The predicted octanol–water partition coefficient (Wildman–Crippen LogP) is 4.30. The van der Waals surface area contributed by atoms with Crippen molar-refractivity contribution in [2.24, 2.45) is 5.92 Å². The van der Waals surface area contributed by atoms with Crippen LogP contribution in [0.2, 0.25) is 0 Å². The summed E-state index contributed by atoms with van der Waals surface area (Å²) in [6, 6.07) is 10.7. The van der Waals surface area contributed by atoms with Gasteiger partial charge in [0.2, 0.25) is 10.0 Å². The third kappa shape index (κ3) is 4.69. The molecular weight excluding hydrogens is 480 g/mol. The molecule has 0 saturated carbocycles. The first kappa shape index (κ1) is 24.2. The summed E-state index contributed by atoms with van der Waals surface area (Å²) in [6.07, 6.45) is 1.77. The van der Waals surface area contributed by atoms with E-state index in [0.717, 1.165) is 36.6 Å². The summed E-state index contributed by atoms with van der Waals surface area (Å²) >= 11 is 1.70. The van der Waals surface area contributed by atoms with E-state index in [1.54, 1.807) is 39.9 Å². The van der Waals surface area contributed by atoms with Gasteiger partial charge in [-0.3, -0.25) is 4.79 Å². The van der Waals surface area contributed by atoms with Crippen LogP contribution in [0.15, 0.2) is 41.3 Å². The topological polar surface area (TPSA) is 73.8 Å². The Labute approximate surface area is 211 Å². The van der Waals surface area contributed by atoms with E-state index in [-0.39, 0.29) is 10.8 Å². The average Bonchev–Trinajstić information content (AvgIpc) is 3.31. The number of benzene rings is 2. The smallest absolute Gasteiger partial charge is 0.253 e. The molecule has 0 radical (unpaired) electrons. The molecule has 0 N–H and O–H groups in total. The van der Waals surface area contributed by atoms with Gasteiger partial charge in [-0.05, 0) is 74.1 Å². The Balaban J connectivity index is 1.23. The minimum absolute atomic E-state index is 0.0591. The second kappa shape index (κ2) is 9.52. The molecule has 9 heteroatoms. The van der Waals surface area contributed by atoms with Crippen LogP contribution in [0.25, 0.3) is 10.2 Å². The number of anilines is 1. The third-order valence-electron chi connectivity index (χ3n) is 7.39. The molecule has 0 spiro atoms. The van der Waals surface area contributed by atoms with Gasteiger partial charge in [-0.2, -0.15) is 4.31 Å². The fourth-order valence-corrected chi connectivity index (χ4v) is 7.32. The maximum Gasteiger partial charge on any atom is 0.253 e. The number of fused-ring (bicyclic) bond motifs is 1. The van der Waals surface area contributed by atoms with Gasteiger partial charge in [0.15, 0.2) is 5.13 Å². The van der Waals surface area contributed by atoms with Crippen LogP contribution in [-0.4, -0.2) is 67.8 Å². The molecule has 0 atom stereocenters. The van der Waals surface area contributed by atoms with Gasteiger partial charge >= 0.3 is 0 Å². The second-order valence-corrected chi connectivity index (χ2v) is 12.7. The van der Waals surface area contributed by atoms with Crippen molar-refractivity contribution in [1.82, 2.24) is 14.2 Å². The summed E-state index contributed by atoms with van der Waals surface area (Å²) in [5, 5.41) is 1.00. The Bertz CT molecular complexity index is 1330. The molecule has 2 aliphatic rings. The lowest BCUT2D eigenvalue weighted by Gasteiger charge is -2.34. The average molecular weight is 513 g/mol. The van der Waals surface area contributed by atoms with E-state index in [2.05, 4.69) is 37.8 Å². The minimum atomic E-state index is -3.51. The number of hydrogen-bond acceptors (Lipinski definition) is 6. The van der Waals surface area contributed by atoms with Crippen molar-refractivity contribution in [1.29, 1.82) is 0 Å². The highest BCUT2D eigenvalue weighted by Crippen LogP contribution is 2.32. The van der Waals surface area contributed by atoms with Crippen molar-refractivity contribution >= 4 is 42.6 Å². The van der Waals surface area contributed by atoms with Crippen LogP contribution in [0.5, 0.6) is 0 Å². The van der Waals surface area contributed by atoms with Crippen LogP contribution in [0.1, 0.15) is 41.3 Å². The van der Waals surface area contributed by atoms with E-state index in [4.69, 9.17) is 4.98 Å². The summed E-state index contributed by atoms with van der Waals surface area (Å²) in [7, 11) is -3.51.